The van der Waals surface area contributed by atoms with E-state index in [1.54, 1.807) is 20.1 Å². The van der Waals surface area contributed by atoms with Crippen LogP contribution in [0.15, 0.2) is 18.2 Å². The molecule has 0 aliphatic heterocycles. The number of methoxy groups -OCH3 is 1. The quantitative estimate of drug-likeness (QED) is 0.728. The first kappa shape index (κ1) is 16.1. The van der Waals surface area contributed by atoms with Crippen LogP contribution in [0.2, 0.25) is 0 Å². The molecule has 0 radical (unpaired) electrons. The molecule has 1 amide bonds. The molecule has 5 nitrogen and oxygen atoms in total. The summed E-state index contributed by atoms with van der Waals surface area (Å²) < 4.78 is 18.5. The third-order valence-electron chi connectivity index (χ3n) is 2.78. The van der Waals surface area contributed by atoms with E-state index in [4.69, 9.17) is 10.00 Å². The predicted molar refractivity (Wildman–Crippen MR) is 72.3 cm³/mol. The highest BCUT2D eigenvalue weighted by Crippen LogP contribution is 2.09. The Bertz CT molecular complexity index is 500. The minimum atomic E-state index is -0.455. The molecule has 0 aliphatic carbocycles. The van der Waals surface area contributed by atoms with Gasteiger partial charge in [0.1, 0.15) is 5.82 Å². The molecule has 0 heterocycles. The maximum absolute atomic E-state index is 13.6. The summed E-state index contributed by atoms with van der Waals surface area (Å²) in [5, 5.41) is 14.3. The van der Waals surface area contributed by atoms with Gasteiger partial charge in [0.2, 0.25) is 5.91 Å². The molecule has 2 N–H and O–H groups in total. The van der Waals surface area contributed by atoms with E-state index in [-0.39, 0.29) is 18.0 Å². The van der Waals surface area contributed by atoms with Gasteiger partial charge in [-0.15, -0.1) is 0 Å². The maximum atomic E-state index is 13.6. The molecule has 1 aromatic carbocycles. The Labute approximate surface area is 117 Å². The van der Waals surface area contributed by atoms with E-state index in [9.17, 15) is 9.18 Å². The molecule has 1 unspecified atom stereocenters. The van der Waals surface area contributed by atoms with Gasteiger partial charge in [0.05, 0.1) is 24.3 Å². The molecule has 1 rings (SSSR count). The zero-order valence-corrected chi connectivity index (χ0v) is 11.6. The van der Waals surface area contributed by atoms with E-state index in [1.165, 1.54) is 12.1 Å². The average Bonchev–Trinajstić information content (AvgIpc) is 2.45. The van der Waals surface area contributed by atoms with Gasteiger partial charge >= 0.3 is 0 Å². The predicted octanol–water partition coefficient (Wildman–Crippen LogP) is 0.938. The molecular weight excluding hydrogens is 261 g/mol. The van der Waals surface area contributed by atoms with Gasteiger partial charge in [-0.25, -0.2) is 4.39 Å². The topological polar surface area (TPSA) is 74.2 Å². The van der Waals surface area contributed by atoms with Gasteiger partial charge in [0.25, 0.3) is 0 Å². The highest BCUT2D eigenvalue weighted by atomic mass is 19.1. The highest BCUT2D eigenvalue weighted by molar-refractivity contribution is 5.81. The van der Waals surface area contributed by atoms with Crippen LogP contribution in [0.25, 0.3) is 0 Å². The van der Waals surface area contributed by atoms with E-state index in [2.05, 4.69) is 10.6 Å². The van der Waals surface area contributed by atoms with Crippen molar-refractivity contribution < 1.29 is 13.9 Å². The van der Waals surface area contributed by atoms with Gasteiger partial charge < -0.3 is 15.4 Å². The van der Waals surface area contributed by atoms with E-state index < -0.39 is 11.9 Å². The second-order valence-electron chi connectivity index (χ2n) is 4.30. The largest absolute Gasteiger partial charge is 0.383 e. The number of ether oxygens (including phenoxy) is 1. The summed E-state index contributed by atoms with van der Waals surface area (Å²) in [5.41, 5.74) is 0.692. The van der Waals surface area contributed by atoms with Crippen LogP contribution >= 0.6 is 0 Å². The zero-order valence-electron chi connectivity index (χ0n) is 11.6. The van der Waals surface area contributed by atoms with Gasteiger partial charge in [-0.1, -0.05) is 6.07 Å². The maximum Gasteiger partial charge on any atom is 0.236 e. The number of benzene rings is 1. The van der Waals surface area contributed by atoms with Gasteiger partial charge in [0.15, 0.2) is 0 Å². The van der Waals surface area contributed by atoms with Crippen LogP contribution < -0.4 is 10.6 Å². The normalized spacial score (nSPS) is 11.7. The lowest BCUT2D eigenvalue weighted by molar-refractivity contribution is -0.123. The molecule has 1 atom stereocenters. The van der Waals surface area contributed by atoms with Crippen molar-refractivity contribution >= 4 is 5.91 Å². The number of nitrogens with one attached hydrogen (secondary N) is 2. The number of rotatable bonds is 7. The molecule has 1 aromatic rings. The zero-order chi connectivity index (χ0) is 15.0. The summed E-state index contributed by atoms with van der Waals surface area (Å²) in [6, 6.07) is 5.69. The summed E-state index contributed by atoms with van der Waals surface area (Å²) >= 11 is 0. The van der Waals surface area contributed by atoms with Gasteiger partial charge in [0, 0.05) is 25.8 Å². The van der Waals surface area contributed by atoms with Crippen LogP contribution in [0.5, 0.6) is 0 Å². The van der Waals surface area contributed by atoms with Crippen LogP contribution in [0.3, 0.4) is 0 Å². The Balaban J connectivity index is 2.46. The first-order valence-electron chi connectivity index (χ1n) is 6.27. The lowest BCUT2D eigenvalue weighted by atomic mass is 10.1. The second kappa shape index (κ2) is 8.25. The average molecular weight is 279 g/mol. The van der Waals surface area contributed by atoms with Crippen LogP contribution in [0, 0.1) is 17.1 Å². The molecule has 0 saturated carbocycles. The van der Waals surface area contributed by atoms with Crippen molar-refractivity contribution in [1.82, 2.24) is 10.6 Å². The Kier molecular flexibility index (Phi) is 6.64. The number of hydrogen-bond donors (Lipinski definition) is 2. The van der Waals surface area contributed by atoms with Crippen molar-refractivity contribution in [1.29, 1.82) is 5.26 Å². The smallest absolute Gasteiger partial charge is 0.236 e. The van der Waals surface area contributed by atoms with E-state index in [0.29, 0.717) is 18.7 Å². The first-order chi connectivity index (χ1) is 9.58. The number of hydrogen-bond acceptors (Lipinski definition) is 4. The SMILES string of the molecule is COCCNC(=O)C(C)NCc1ccc(C#N)cc1F. The Morgan fingerprint density at radius 3 is 2.90 bits per heavy atom. The summed E-state index contributed by atoms with van der Waals surface area (Å²) in [5.74, 6) is -0.625. The van der Waals surface area contributed by atoms with Crippen molar-refractivity contribution in [2.45, 2.75) is 19.5 Å². The fraction of sp³-hybridized carbons (Fsp3) is 0.429. The Morgan fingerprint density at radius 1 is 1.55 bits per heavy atom. The summed E-state index contributed by atoms with van der Waals surface area (Å²) in [6.45, 7) is 2.80. The van der Waals surface area contributed by atoms with Crippen molar-refractivity contribution in [2.24, 2.45) is 0 Å². The van der Waals surface area contributed by atoms with Crippen LogP contribution in [-0.4, -0.2) is 32.2 Å². The number of amides is 1. The van der Waals surface area contributed by atoms with Crippen LogP contribution in [0.1, 0.15) is 18.1 Å². The molecule has 20 heavy (non-hydrogen) atoms. The summed E-state index contributed by atoms with van der Waals surface area (Å²) in [6.07, 6.45) is 0. The van der Waals surface area contributed by atoms with E-state index in [0.717, 1.165) is 0 Å². The van der Waals surface area contributed by atoms with Gasteiger partial charge in [-0.3, -0.25) is 4.79 Å². The number of nitriles is 1. The van der Waals surface area contributed by atoms with Crippen molar-refractivity contribution in [2.75, 3.05) is 20.3 Å². The molecule has 6 heteroatoms. The monoisotopic (exact) mass is 279 g/mol. The van der Waals surface area contributed by atoms with Crippen molar-refractivity contribution in [3.8, 4) is 6.07 Å². The summed E-state index contributed by atoms with van der Waals surface area (Å²) in [7, 11) is 1.56. The van der Waals surface area contributed by atoms with Crippen LogP contribution in [-0.2, 0) is 16.1 Å². The van der Waals surface area contributed by atoms with Crippen molar-refractivity contribution in [3.05, 3.63) is 35.1 Å². The first-order valence-corrected chi connectivity index (χ1v) is 6.27. The molecule has 0 saturated heterocycles. The molecule has 0 aromatic heterocycles. The third kappa shape index (κ3) is 4.96. The fourth-order valence-electron chi connectivity index (χ4n) is 1.55. The third-order valence-corrected chi connectivity index (χ3v) is 2.78. The van der Waals surface area contributed by atoms with E-state index in [1.807, 2.05) is 6.07 Å². The summed E-state index contributed by atoms with van der Waals surface area (Å²) in [4.78, 5) is 11.7. The minimum Gasteiger partial charge on any atom is -0.383 e. The van der Waals surface area contributed by atoms with E-state index >= 15 is 0 Å². The Morgan fingerprint density at radius 2 is 2.30 bits per heavy atom. The molecule has 0 fully saturated rings. The second-order valence-corrected chi connectivity index (χ2v) is 4.30. The molecular formula is C14H18FN3O2. The lowest BCUT2D eigenvalue weighted by Gasteiger charge is -2.14. The highest BCUT2D eigenvalue weighted by Gasteiger charge is 2.12. The standard InChI is InChI=1S/C14H18FN3O2/c1-10(14(19)17-5-6-20-2)18-9-12-4-3-11(8-16)7-13(12)15/h3-4,7,10,18H,5-6,9H2,1-2H3,(H,17,19). The van der Waals surface area contributed by atoms with Crippen LogP contribution in [0.4, 0.5) is 4.39 Å². The van der Waals surface area contributed by atoms with Gasteiger partial charge in [-0.2, -0.15) is 5.26 Å². The molecule has 0 aliphatic rings. The molecule has 0 spiro atoms. The number of carbonyl (C=O) groups is 1. The number of carbonyl (C=O) groups excluding carboxylic acids is 1. The van der Waals surface area contributed by atoms with Crippen molar-refractivity contribution in [3.63, 3.8) is 0 Å². The number of halogens is 1. The molecule has 108 valence electrons. The molecule has 0 bridgehead atoms. The fourth-order valence-corrected chi connectivity index (χ4v) is 1.55. The number of nitrogens with zero attached hydrogens (tertiary/aromatic N) is 1. The lowest BCUT2D eigenvalue weighted by Crippen LogP contribution is -2.42. The Hall–Kier alpha value is -1.97. The minimum absolute atomic E-state index is 0.170. The van der Waals surface area contributed by atoms with Gasteiger partial charge in [-0.05, 0) is 19.1 Å².